The Hall–Kier alpha value is -3.15. The molecule has 1 saturated heterocycles. The summed E-state index contributed by atoms with van der Waals surface area (Å²) < 4.78 is 5.43. The first-order valence-corrected chi connectivity index (χ1v) is 10.9. The van der Waals surface area contributed by atoms with E-state index in [9.17, 15) is 14.4 Å². The highest BCUT2D eigenvalue weighted by molar-refractivity contribution is 5.97. The van der Waals surface area contributed by atoms with Crippen molar-refractivity contribution < 1.29 is 19.1 Å². The SMILES string of the molecule is CCc1cccc(CC)c1NC(=O)[C@@H](C)OC(=O)[C@@H]1CC(=O)N(Cc2ccccc2)C1. The van der Waals surface area contributed by atoms with Gasteiger partial charge in [0.25, 0.3) is 5.91 Å². The monoisotopic (exact) mass is 422 g/mol. The van der Waals surface area contributed by atoms with Crippen molar-refractivity contribution in [2.75, 3.05) is 11.9 Å². The molecule has 6 nitrogen and oxygen atoms in total. The molecule has 1 heterocycles. The van der Waals surface area contributed by atoms with Crippen molar-refractivity contribution in [3.63, 3.8) is 0 Å². The Balaban J connectivity index is 1.58. The fraction of sp³-hybridized carbons (Fsp3) is 0.400. The maximum Gasteiger partial charge on any atom is 0.312 e. The minimum absolute atomic E-state index is 0.0765. The van der Waals surface area contributed by atoms with Crippen molar-refractivity contribution in [1.29, 1.82) is 0 Å². The first kappa shape index (κ1) is 22.5. The number of benzene rings is 2. The lowest BCUT2D eigenvalue weighted by atomic mass is 10.0. The zero-order valence-electron chi connectivity index (χ0n) is 18.4. The van der Waals surface area contributed by atoms with Crippen molar-refractivity contribution in [1.82, 2.24) is 4.90 Å². The van der Waals surface area contributed by atoms with Crippen molar-refractivity contribution in [3.8, 4) is 0 Å². The van der Waals surface area contributed by atoms with Crippen LogP contribution < -0.4 is 5.32 Å². The highest BCUT2D eigenvalue weighted by Crippen LogP contribution is 2.24. The molecule has 1 N–H and O–H groups in total. The first-order chi connectivity index (χ1) is 14.9. The molecule has 2 aromatic carbocycles. The summed E-state index contributed by atoms with van der Waals surface area (Å²) in [4.78, 5) is 39.3. The Morgan fingerprint density at radius 3 is 2.32 bits per heavy atom. The van der Waals surface area contributed by atoms with E-state index < -0.39 is 18.0 Å². The molecule has 2 amide bonds. The second-order valence-electron chi connectivity index (χ2n) is 7.89. The average molecular weight is 423 g/mol. The Kier molecular flexibility index (Phi) is 7.45. The molecule has 0 radical (unpaired) electrons. The zero-order valence-corrected chi connectivity index (χ0v) is 18.4. The Labute approximate surface area is 183 Å². The number of aryl methyl sites for hydroxylation is 2. The highest BCUT2D eigenvalue weighted by Gasteiger charge is 2.36. The van der Waals surface area contributed by atoms with Gasteiger partial charge in [-0.05, 0) is 36.5 Å². The number of carbonyl (C=O) groups excluding carboxylic acids is 3. The lowest BCUT2D eigenvalue weighted by Crippen LogP contribution is -2.33. The van der Waals surface area contributed by atoms with Crippen LogP contribution in [0.25, 0.3) is 0 Å². The standard InChI is InChI=1S/C25H30N2O4/c1-4-19-12-9-13-20(5-2)23(19)26-24(29)17(3)31-25(30)21-14-22(28)27(16-21)15-18-10-7-6-8-11-18/h6-13,17,21H,4-5,14-16H2,1-3H3,(H,26,29)/t17-,21-/m1/s1. The zero-order chi connectivity index (χ0) is 22.4. The molecule has 0 aromatic heterocycles. The summed E-state index contributed by atoms with van der Waals surface area (Å²) in [6.45, 7) is 6.40. The lowest BCUT2D eigenvalue weighted by molar-refractivity contribution is -0.157. The van der Waals surface area contributed by atoms with Gasteiger partial charge >= 0.3 is 5.97 Å². The van der Waals surface area contributed by atoms with Gasteiger partial charge in [0.05, 0.1) is 5.92 Å². The van der Waals surface area contributed by atoms with E-state index in [4.69, 9.17) is 4.74 Å². The minimum atomic E-state index is -0.944. The fourth-order valence-electron chi connectivity index (χ4n) is 3.84. The number of ether oxygens (including phenoxy) is 1. The van der Waals surface area contributed by atoms with Crippen LogP contribution in [0, 0.1) is 5.92 Å². The number of amides is 2. The third kappa shape index (κ3) is 5.51. The Morgan fingerprint density at radius 1 is 1.06 bits per heavy atom. The summed E-state index contributed by atoms with van der Waals surface area (Å²) in [5, 5.41) is 2.93. The van der Waals surface area contributed by atoms with Crippen LogP contribution in [0.15, 0.2) is 48.5 Å². The molecule has 0 spiro atoms. The predicted molar refractivity (Wildman–Crippen MR) is 119 cm³/mol. The maximum atomic E-state index is 12.7. The van der Waals surface area contributed by atoms with Gasteiger partial charge in [-0.2, -0.15) is 0 Å². The summed E-state index contributed by atoms with van der Waals surface area (Å²) in [5.74, 6) is -1.51. The number of hydrogen-bond donors (Lipinski definition) is 1. The predicted octanol–water partition coefficient (Wildman–Crippen LogP) is 3.73. The number of nitrogens with zero attached hydrogens (tertiary/aromatic N) is 1. The Morgan fingerprint density at radius 2 is 1.71 bits per heavy atom. The number of likely N-dealkylation sites (tertiary alicyclic amines) is 1. The second kappa shape index (κ2) is 10.2. The van der Waals surface area contributed by atoms with E-state index >= 15 is 0 Å². The molecule has 1 aliphatic rings. The van der Waals surface area contributed by atoms with Crippen LogP contribution in [0.2, 0.25) is 0 Å². The molecule has 1 fully saturated rings. The molecule has 3 rings (SSSR count). The largest absolute Gasteiger partial charge is 0.452 e. The molecule has 31 heavy (non-hydrogen) atoms. The van der Waals surface area contributed by atoms with E-state index in [1.54, 1.807) is 11.8 Å². The number of hydrogen-bond acceptors (Lipinski definition) is 4. The molecule has 1 aliphatic heterocycles. The maximum absolute atomic E-state index is 12.7. The molecule has 2 atom stereocenters. The number of nitrogens with one attached hydrogen (secondary N) is 1. The van der Waals surface area contributed by atoms with E-state index in [2.05, 4.69) is 5.32 Å². The van der Waals surface area contributed by atoms with Gasteiger partial charge < -0.3 is 15.0 Å². The topological polar surface area (TPSA) is 75.7 Å². The lowest BCUT2D eigenvalue weighted by Gasteiger charge is -2.19. The van der Waals surface area contributed by atoms with Crippen LogP contribution in [-0.2, 0) is 38.5 Å². The van der Waals surface area contributed by atoms with Crippen LogP contribution in [-0.4, -0.2) is 35.3 Å². The second-order valence-corrected chi connectivity index (χ2v) is 7.89. The minimum Gasteiger partial charge on any atom is -0.452 e. The smallest absolute Gasteiger partial charge is 0.312 e. The van der Waals surface area contributed by atoms with Crippen LogP contribution in [0.3, 0.4) is 0 Å². The van der Waals surface area contributed by atoms with E-state index in [0.29, 0.717) is 13.1 Å². The van der Waals surface area contributed by atoms with Gasteiger partial charge in [-0.3, -0.25) is 14.4 Å². The van der Waals surface area contributed by atoms with Crippen LogP contribution in [0.5, 0.6) is 0 Å². The van der Waals surface area contributed by atoms with Gasteiger partial charge in [-0.15, -0.1) is 0 Å². The number of para-hydroxylation sites is 1. The van der Waals surface area contributed by atoms with Crippen molar-refractivity contribution in [2.45, 2.75) is 52.7 Å². The number of esters is 1. The molecule has 164 valence electrons. The summed E-state index contributed by atoms with van der Waals surface area (Å²) in [6, 6.07) is 15.6. The molecule has 0 unspecified atom stereocenters. The number of rotatable bonds is 8. The Bertz CT molecular complexity index is 920. The first-order valence-electron chi connectivity index (χ1n) is 10.9. The van der Waals surface area contributed by atoms with E-state index in [1.807, 2.05) is 62.4 Å². The third-order valence-electron chi connectivity index (χ3n) is 5.67. The summed E-state index contributed by atoms with van der Waals surface area (Å²) >= 11 is 0. The van der Waals surface area contributed by atoms with E-state index in [-0.39, 0.29) is 18.2 Å². The van der Waals surface area contributed by atoms with Crippen molar-refractivity contribution >= 4 is 23.5 Å². The molecule has 0 saturated carbocycles. The molecule has 0 aliphatic carbocycles. The normalized spacial score (nSPS) is 16.8. The summed E-state index contributed by atoms with van der Waals surface area (Å²) in [6.07, 6.45) is 0.747. The van der Waals surface area contributed by atoms with Gasteiger partial charge in [0.2, 0.25) is 5.91 Å². The fourth-order valence-corrected chi connectivity index (χ4v) is 3.84. The van der Waals surface area contributed by atoms with Gasteiger partial charge in [-0.25, -0.2) is 0 Å². The van der Waals surface area contributed by atoms with Crippen molar-refractivity contribution in [2.24, 2.45) is 5.92 Å². The van der Waals surface area contributed by atoms with Crippen molar-refractivity contribution in [3.05, 3.63) is 65.2 Å². The molecular weight excluding hydrogens is 392 g/mol. The molecule has 2 aromatic rings. The quantitative estimate of drug-likeness (QED) is 0.658. The van der Waals surface area contributed by atoms with E-state index in [0.717, 1.165) is 35.2 Å². The average Bonchev–Trinajstić information content (AvgIpc) is 3.14. The van der Waals surface area contributed by atoms with Gasteiger partial charge in [0.1, 0.15) is 0 Å². The number of carbonyl (C=O) groups is 3. The molecule has 6 heteroatoms. The van der Waals surface area contributed by atoms with Gasteiger partial charge in [0, 0.05) is 25.2 Å². The number of anilines is 1. The third-order valence-corrected chi connectivity index (χ3v) is 5.67. The van der Waals surface area contributed by atoms with Crippen LogP contribution in [0.4, 0.5) is 5.69 Å². The highest BCUT2D eigenvalue weighted by atomic mass is 16.5. The van der Waals surface area contributed by atoms with Crippen LogP contribution in [0.1, 0.15) is 43.9 Å². The summed E-state index contributed by atoms with van der Waals surface area (Å²) in [5.41, 5.74) is 3.90. The van der Waals surface area contributed by atoms with Gasteiger partial charge in [0.15, 0.2) is 6.10 Å². The summed E-state index contributed by atoms with van der Waals surface area (Å²) in [7, 11) is 0. The van der Waals surface area contributed by atoms with E-state index in [1.165, 1.54) is 0 Å². The van der Waals surface area contributed by atoms with Crippen LogP contribution >= 0.6 is 0 Å². The molecular formula is C25H30N2O4. The molecule has 0 bridgehead atoms. The van der Waals surface area contributed by atoms with Gasteiger partial charge in [-0.1, -0.05) is 62.4 Å².